The van der Waals surface area contributed by atoms with Crippen molar-refractivity contribution in [3.63, 3.8) is 0 Å². The predicted octanol–water partition coefficient (Wildman–Crippen LogP) is 3.90. The number of hydrogen-bond donors (Lipinski definition) is 2. The lowest BCUT2D eigenvalue weighted by Gasteiger charge is -2.17. The zero-order chi connectivity index (χ0) is 21.6. The summed E-state index contributed by atoms with van der Waals surface area (Å²) in [6.45, 7) is 2.14. The molecule has 2 N–H and O–H groups in total. The lowest BCUT2D eigenvalue weighted by atomic mass is 10.1. The number of rotatable bonds is 7. The Morgan fingerprint density at radius 3 is 2.40 bits per heavy atom. The normalized spacial score (nSPS) is 14.7. The molecule has 0 heterocycles. The molecule has 2 aromatic rings. The SMILES string of the molecule is Cc1ccc(S(=O)(=O)N(C)Cc2ccc(C(=O)NNC3=CCCCCC3)cc2)cc1. The van der Waals surface area contributed by atoms with E-state index in [4.69, 9.17) is 0 Å². The van der Waals surface area contributed by atoms with E-state index in [1.807, 2.05) is 6.92 Å². The van der Waals surface area contributed by atoms with E-state index in [0.29, 0.717) is 5.56 Å². The van der Waals surface area contributed by atoms with Crippen molar-refractivity contribution in [3.8, 4) is 0 Å². The highest BCUT2D eigenvalue weighted by Gasteiger charge is 2.20. The molecule has 160 valence electrons. The Morgan fingerprint density at radius 2 is 1.70 bits per heavy atom. The molecule has 6 nitrogen and oxygen atoms in total. The van der Waals surface area contributed by atoms with Gasteiger partial charge in [0.25, 0.3) is 5.91 Å². The van der Waals surface area contributed by atoms with Crippen LogP contribution in [0.1, 0.15) is 53.6 Å². The van der Waals surface area contributed by atoms with Crippen molar-refractivity contribution >= 4 is 15.9 Å². The van der Waals surface area contributed by atoms with Gasteiger partial charge in [0.1, 0.15) is 0 Å². The van der Waals surface area contributed by atoms with Crippen LogP contribution >= 0.6 is 0 Å². The molecule has 1 amide bonds. The zero-order valence-electron chi connectivity index (χ0n) is 17.5. The minimum absolute atomic E-state index is 0.215. The van der Waals surface area contributed by atoms with Crippen LogP contribution in [0.4, 0.5) is 0 Å². The van der Waals surface area contributed by atoms with Crippen LogP contribution in [0.15, 0.2) is 65.2 Å². The van der Waals surface area contributed by atoms with Gasteiger partial charge in [-0.1, -0.05) is 42.3 Å². The minimum Gasteiger partial charge on any atom is -0.303 e. The fourth-order valence-corrected chi connectivity index (χ4v) is 4.49. The summed E-state index contributed by atoms with van der Waals surface area (Å²) >= 11 is 0. The van der Waals surface area contributed by atoms with Crippen LogP contribution in [0.5, 0.6) is 0 Å². The van der Waals surface area contributed by atoms with Crippen molar-refractivity contribution in [2.24, 2.45) is 0 Å². The molecule has 0 unspecified atom stereocenters. The van der Waals surface area contributed by atoms with Gasteiger partial charge < -0.3 is 5.43 Å². The summed E-state index contributed by atoms with van der Waals surface area (Å²) in [6, 6.07) is 13.8. The number of aryl methyl sites for hydroxylation is 1. The molecule has 1 aliphatic rings. The van der Waals surface area contributed by atoms with Gasteiger partial charge in [-0.2, -0.15) is 4.31 Å². The Kier molecular flexibility index (Phi) is 7.29. The Morgan fingerprint density at radius 1 is 1.00 bits per heavy atom. The number of nitrogens with one attached hydrogen (secondary N) is 2. The monoisotopic (exact) mass is 427 g/mol. The third kappa shape index (κ3) is 5.70. The molecule has 30 heavy (non-hydrogen) atoms. The Labute approximate surface area is 179 Å². The first-order valence-electron chi connectivity index (χ1n) is 10.2. The van der Waals surface area contributed by atoms with E-state index in [1.165, 1.54) is 17.1 Å². The average Bonchev–Trinajstić information content (AvgIpc) is 3.01. The first-order valence-corrected chi connectivity index (χ1v) is 11.7. The average molecular weight is 428 g/mol. The molecule has 0 bridgehead atoms. The summed E-state index contributed by atoms with van der Waals surface area (Å²) in [7, 11) is -2.01. The van der Waals surface area contributed by atoms with Crippen molar-refractivity contribution in [1.82, 2.24) is 15.2 Å². The first kappa shape index (κ1) is 22.1. The lowest BCUT2D eigenvalue weighted by Crippen LogP contribution is -2.36. The summed E-state index contributed by atoms with van der Waals surface area (Å²) in [4.78, 5) is 12.6. The molecule has 0 atom stereocenters. The van der Waals surface area contributed by atoms with Crippen LogP contribution < -0.4 is 10.9 Å². The second-order valence-electron chi connectivity index (χ2n) is 7.68. The molecular formula is C23H29N3O3S. The first-order chi connectivity index (χ1) is 14.4. The molecule has 0 aromatic heterocycles. The van der Waals surface area contributed by atoms with Crippen LogP contribution in [-0.4, -0.2) is 25.7 Å². The van der Waals surface area contributed by atoms with Crippen LogP contribution in [0.2, 0.25) is 0 Å². The largest absolute Gasteiger partial charge is 0.303 e. The zero-order valence-corrected chi connectivity index (χ0v) is 18.3. The van der Waals surface area contributed by atoms with Crippen molar-refractivity contribution < 1.29 is 13.2 Å². The Balaban J connectivity index is 1.58. The third-order valence-electron chi connectivity index (χ3n) is 5.23. The van der Waals surface area contributed by atoms with Gasteiger partial charge in [-0.05, 0) is 62.4 Å². The molecule has 7 heteroatoms. The van der Waals surface area contributed by atoms with Crippen molar-refractivity contribution in [3.05, 3.63) is 77.0 Å². The number of sulfonamides is 1. The number of carbonyl (C=O) groups excluding carboxylic acids is 1. The number of nitrogens with zero attached hydrogens (tertiary/aromatic N) is 1. The maximum absolute atomic E-state index is 12.7. The van der Waals surface area contributed by atoms with Gasteiger partial charge in [0.15, 0.2) is 0 Å². The molecular weight excluding hydrogens is 398 g/mol. The summed E-state index contributed by atoms with van der Waals surface area (Å²) in [5.74, 6) is -0.215. The van der Waals surface area contributed by atoms with Gasteiger partial charge >= 0.3 is 0 Å². The molecule has 1 aliphatic carbocycles. The maximum Gasteiger partial charge on any atom is 0.269 e. The molecule has 0 saturated carbocycles. The number of carbonyl (C=O) groups is 1. The Bertz CT molecular complexity index is 997. The summed E-state index contributed by atoms with van der Waals surface area (Å²) in [5.41, 5.74) is 9.16. The molecule has 0 fully saturated rings. The van der Waals surface area contributed by atoms with Gasteiger partial charge in [-0.25, -0.2) is 8.42 Å². The van der Waals surface area contributed by atoms with Gasteiger partial charge in [0, 0.05) is 24.9 Å². The highest BCUT2D eigenvalue weighted by atomic mass is 32.2. The number of hydrogen-bond acceptors (Lipinski definition) is 4. The molecule has 0 aliphatic heterocycles. The quantitative estimate of drug-likeness (QED) is 0.657. The van der Waals surface area contributed by atoms with E-state index in [2.05, 4.69) is 16.9 Å². The van der Waals surface area contributed by atoms with Crippen LogP contribution in [0.3, 0.4) is 0 Å². The molecule has 3 rings (SSSR count). The fraction of sp³-hybridized carbons (Fsp3) is 0.348. The minimum atomic E-state index is -3.57. The van der Waals surface area contributed by atoms with Crippen molar-refractivity contribution in [1.29, 1.82) is 0 Å². The fourth-order valence-electron chi connectivity index (χ4n) is 3.33. The van der Waals surface area contributed by atoms with Gasteiger partial charge in [0.05, 0.1) is 4.90 Å². The van der Waals surface area contributed by atoms with Gasteiger partial charge in [0.2, 0.25) is 10.0 Å². The van der Waals surface area contributed by atoms with Gasteiger partial charge in [-0.3, -0.25) is 10.2 Å². The summed E-state index contributed by atoms with van der Waals surface area (Å²) < 4.78 is 26.8. The van der Waals surface area contributed by atoms with E-state index in [0.717, 1.165) is 36.1 Å². The summed E-state index contributed by atoms with van der Waals surface area (Å²) in [5, 5.41) is 0. The summed E-state index contributed by atoms with van der Waals surface area (Å²) in [6.07, 6.45) is 7.65. The third-order valence-corrected chi connectivity index (χ3v) is 7.05. The number of hydrazine groups is 1. The van der Waals surface area contributed by atoms with Crippen LogP contribution in [0.25, 0.3) is 0 Å². The molecule has 0 radical (unpaired) electrons. The van der Waals surface area contributed by atoms with E-state index in [-0.39, 0.29) is 17.3 Å². The van der Waals surface area contributed by atoms with Crippen molar-refractivity contribution in [2.75, 3.05) is 7.05 Å². The smallest absolute Gasteiger partial charge is 0.269 e. The topological polar surface area (TPSA) is 78.5 Å². The molecule has 0 saturated heterocycles. The lowest BCUT2D eigenvalue weighted by molar-refractivity contribution is 0.0938. The van der Waals surface area contributed by atoms with Crippen LogP contribution in [0, 0.1) is 6.92 Å². The standard InChI is InChI=1S/C23H29N3O3S/c1-18-9-15-22(16-10-18)30(28,29)26(2)17-19-11-13-20(14-12-19)23(27)25-24-21-7-5-3-4-6-8-21/h7,9-16,24H,3-6,8,17H2,1-2H3,(H,25,27). The van der Waals surface area contributed by atoms with Gasteiger partial charge in [-0.15, -0.1) is 0 Å². The highest BCUT2D eigenvalue weighted by Crippen LogP contribution is 2.18. The maximum atomic E-state index is 12.7. The number of allylic oxidation sites excluding steroid dienone is 2. The van der Waals surface area contributed by atoms with Crippen molar-refractivity contribution in [2.45, 2.75) is 50.5 Å². The predicted molar refractivity (Wildman–Crippen MR) is 118 cm³/mol. The van der Waals surface area contributed by atoms with Crippen LogP contribution in [-0.2, 0) is 16.6 Å². The van der Waals surface area contributed by atoms with E-state index < -0.39 is 10.0 Å². The van der Waals surface area contributed by atoms with E-state index >= 15 is 0 Å². The second kappa shape index (κ2) is 9.91. The van der Waals surface area contributed by atoms with E-state index in [1.54, 1.807) is 55.6 Å². The second-order valence-corrected chi connectivity index (χ2v) is 9.72. The number of amides is 1. The number of benzene rings is 2. The molecule has 0 spiro atoms. The molecule has 2 aromatic carbocycles. The van der Waals surface area contributed by atoms with E-state index in [9.17, 15) is 13.2 Å². The highest BCUT2D eigenvalue weighted by molar-refractivity contribution is 7.89. The Hall–Kier alpha value is -2.64.